The summed E-state index contributed by atoms with van der Waals surface area (Å²) in [5, 5.41) is 4.03. The molecule has 1 aliphatic carbocycles. The lowest BCUT2D eigenvalue weighted by Gasteiger charge is -2.34. The molecular weight excluding hydrogens is 506 g/mol. The maximum Gasteiger partial charge on any atom is 0.219 e. The van der Waals surface area contributed by atoms with Gasteiger partial charge in [-0.2, -0.15) is 0 Å². The van der Waals surface area contributed by atoms with Gasteiger partial charge in [0.25, 0.3) is 0 Å². The van der Waals surface area contributed by atoms with Crippen molar-refractivity contribution < 1.29 is 15.0 Å². The number of fused-ring (bicyclic) bond motifs is 1. The fourth-order valence-corrected chi connectivity index (χ4v) is 5.33. The van der Waals surface area contributed by atoms with E-state index in [1.165, 1.54) is 23.5 Å². The van der Waals surface area contributed by atoms with Gasteiger partial charge in [-0.3, -0.25) is 9.69 Å². The van der Waals surface area contributed by atoms with Gasteiger partial charge in [-0.15, -0.1) is 0 Å². The molecule has 0 bridgehead atoms. The van der Waals surface area contributed by atoms with Gasteiger partial charge >= 0.3 is 0 Å². The number of nitrogens with one attached hydrogen (secondary N) is 1. The molecule has 3 heterocycles. The zero-order chi connectivity index (χ0) is 26.8. The SMILES string of the molecule is C=C1C=C(CN2CCN(C(C)=O)CC2)C=CC(Nc2nc3ccc(N(C)c4ccc(F)cc4F)nc3s2)=C1.[HH]. The number of amides is 1. The van der Waals surface area contributed by atoms with Crippen molar-refractivity contribution in [3.05, 3.63) is 89.7 Å². The summed E-state index contributed by atoms with van der Waals surface area (Å²) < 4.78 is 27.6. The molecule has 0 spiro atoms. The molecule has 1 amide bonds. The number of carbonyl (C=O) groups excluding carboxylic acids is 1. The summed E-state index contributed by atoms with van der Waals surface area (Å²) in [6.45, 7) is 9.77. The number of anilines is 3. The van der Waals surface area contributed by atoms with Crippen molar-refractivity contribution in [2.24, 2.45) is 0 Å². The van der Waals surface area contributed by atoms with E-state index in [1.807, 2.05) is 23.1 Å². The molecule has 198 valence electrons. The van der Waals surface area contributed by atoms with Crippen LogP contribution in [0.4, 0.5) is 25.4 Å². The van der Waals surface area contributed by atoms with Crippen molar-refractivity contribution in [1.29, 1.82) is 0 Å². The summed E-state index contributed by atoms with van der Waals surface area (Å²) in [5.41, 5.74) is 3.82. The minimum Gasteiger partial charge on any atom is -0.340 e. The molecule has 0 atom stereocenters. The predicted octanol–water partition coefficient (Wildman–Crippen LogP) is 5.50. The Bertz CT molecular complexity index is 1490. The van der Waals surface area contributed by atoms with Gasteiger partial charge in [0.1, 0.15) is 27.8 Å². The molecule has 1 N–H and O–H groups in total. The minimum atomic E-state index is -0.653. The standard InChI is InChI=1S/C28H28F2N6OS.H2/c1-18-14-20(17-35-10-12-36(13-11-35)19(2)37)4-6-22(15-18)31-28-32-24-7-9-26(33-27(24)38-28)34(3)25-8-5-21(29)16-23(25)30;/h4-9,14-16H,1,10-13,17H2,2-3H3,(H,31,32);1H. The summed E-state index contributed by atoms with van der Waals surface area (Å²) in [4.78, 5) is 27.4. The van der Waals surface area contributed by atoms with Crippen LogP contribution in [0.15, 0.2) is 78.1 Å². The van der Waals surface area contributed by atoms with Crippen molar-refractivity contribution in [1.82, 2.24) is 19.8 Å². The molecule has 2 aliphatic rings. The third-order valence-electron chi connectivity index (χ3n) is 6.52. The number of carbonyl (C=O) groups is 1. The minimum absolute atomic E-state index is 0. The van der Waals surface area contributed by atoms with Gasteiger partial charge < -0.3 is 15.1 Å². The Morgan fingerprint density at radius 2 is 1.92 bits per heavy atom. The zero-order valence-electron chi connectivity index (χ0n) is 21.2. The number of hydrogen-bond donors (Lipinski definition) is 1. The third kappa shape index (κ3) is 5.81. The Morgan fingerprint density at radius 3 is 2.66 bits per heavy atom. The van der Waals surface area contributed by atoms with Gasteiger partial charge in [0.2, 0.25) is 5.91 Å². The Hall–Kier alpha value is -3.89. The van der Waals surface area contributed by atoms with E-state index in [9.17, 15) is 13.6 Å². The molecular formula is C28H30F2N6OS. The first-order valence-corrected chi connectivity index (χ1v) is 13.1. The van der Waals surface area contributed by atoms with E-state index in [1.54, 1.807) is 24.9 Å². The normalized spacial score (nSPS) is 16.3. The Labute approximate surface area is 225 Å². The third-order valence-corrected chi connectivity index (χ3v) is 7.40. The van der Waals surface area contributed by atoms with E-state index in [2.05, 4.69) is 38.9 Å². The van der Waals surface area contributed by atoms with Gasteiger partial charge in [0.05, 0.1) is 5.69 Å². The summed E-state index contributed by atoms with van der Waals surface area (Å²) >= 11 is 1.39. The van der Waals surface area contributed by atoms with Crippen molar-refractivity contribution in [2.75, 3.05) is 50.0 Å². The Balaban J connectivity index is 0.00000353. The number of pyridine rings is 1. The molecule has 1 fully saturated rings. The number of aromatic nitrogens is 2. The Kier molecular flexibility index (Phi) is 7.35. The van der Waals surface area contributed by atoms with E-state index in [4.69, 9.17) is 0 Å². The molecule has 7 nitrogen and oxygen atoms in total. The molecule has 1 aromatic carbocycles. The first kappa shape index (κ1) is 25.7. The lowest BCUT2D eigenvalue weighted by Crippen LogP contribution is -2.48. The molecule has 5 rings (SSSR count). The topological polar surface area (TPSA) is 64.6 Å². The average Bonchev–Trinajstić information content (AvgIpc) is 3.19. The van der Waals surface area contributed by atoms with Crippen molar-refractivity contribution in [3.8, 4) is 0 Å². The van der Waals surface area contributed by atoms with Gasteiger partial charge in [0.15, 0.2) is 5.13 Å². The highest BCUT2D eigenvalue weighted by molar-refractivity contribution is 7.21. The molecule has 0 unspecified atom stereocenters. The fraction of sp³-hybridized carbons (Fsp3) is 0.250. The highest BCUT2D eigenvalue weighted by Crippen LogP contribution is 2.31. The van der Waals surface area contributed by atoms with Crippen molar-refractivity contribution in [3.63, 3.8) is 0 Å². The molecule has 0 radical (unpaired) electrons. The predicted molar refractivity (Wildman–Crippen MR) is 151 cm³/mol. The number of rotatable bonds is 6. The lowest BCUT2D eigenvalue weighted by atomic mass is 10.1. The monoisotopic (exact) mass is 536 g/mol. The molecule has 2 aromatic heterocycles. The number of nitrogens with zero attached hydrogens (tertiary/aromatic N) is 5. The summed E-state index contributed by atoms with van der Waals surface area (Å²) in [6, 6.07) is 7.06. The Morgan fingerprint density at radius 1 is 1.13 bits per heavy atom. The first-order valence-electron chi connectivity index (χ1n) is 12.3. The van der Waals surface area contributed by atoms with Crippen LogP contribution in [0, 0.1) is 11.6 Å². The summed E-state index contributed by atoms with van der Waals surface area (Å²) in [5.74, 6) is -0.625. The number of halogens is 2. The number of benzene rings is 1. The molecule has 1 aliphatic heterocycles. The summed E-state index contributed by atoms with van der Waals surface area (Å²) in [7, 11) is 1.69. The van der Waals surface area contributed by atoms with Crippen molar-refractivity contribution >= 4 is 44.2 Å². The maximum absolute atomic E-state index is 14.3. The summed E-state index contributed by atoms with van der Waals surface area (Å²) in [6.07, 6.45) is 8.11. The lowest BCUT2D eigenvalue weighted by molar-refractivity contribution is -0.130. The zero-order valence-corrected chi connectivity index (χ0v) is 22.1. The molecule has 3 aromatic rings. The van der Waals surface area contributed by atoms with Gasteiger partial charge in [-0.1, -0.05) is 30.1 Å². The van der Waals surface area contributed by atoms with E-state index in [0.29, 0.717) is 15.8 Å². The molecule has 10 heteroatoms. The van der Waals surface area contributed by atoms with Crippen LogP contribution in [0.3, 0.4) is 0 Å². The number of piperazine rings is 1. The fourth-order valence-electron chi connectivity index (χ4n) is 4.48. The van der Waals surface area contributed by atoms with Crippen LogP contribution in [0.1, 0.15) is 8.35 Å². The van der Waals surface area contributed by atoms with Crippen LogP contribution in [-0.2, 0) is 4.79 Å². The highest BCUT2D eigenvalue weighted by Gasteiger charge is 2.19. The van der Waals surface area contributed by atoms with E-state index < -0.39 is 11.6 Å². The van der Waals surface area contributed by atoms with Gasteiger partial charge in [-0.05, 0) is 47.6 Å². The average molecular weight is 537 g/mol. The second-order valence-corrected chi connectivity index (χ2v) is 10.3. The largest absolute Gasteiger partial charge is 0.340 e. The van der Waals surface area contributed by atoms with E-state index in [0.717, 1.165) is 61.2 Å². The molecule has 38 heavy (non-hydrogen) atoms. The second-order valence-electron chi connectivity index (χ2n) is 9.30. The number of allylic oxidation sites excluding steroid dienone is 4. The maximum atomic E-state index is 14.3. The smallest absolute Gasteiger partial charge is 0.219 e. The molecule has 0 saturated carbocycles. The number of thiazole rings is 1. The highest BCUT2D eigenvalue weighted by atomic mass is 32.1. The van der Waals surface area contributed by atoms with E-state index in [-0.39, 0.29) is 13.0 Å². The van der Waals surface area contributed by atoms with Gasteiger partial charge in [0, 0.05) is 59.9 Å². The second kappa shape index (κ2) is 10.8. The van der Waals surface area contributed by atoms with Crippen LogP contribution in [0.5, 0.6) is 0 Å². The number of hydrogen-bond acceptors (Lipinski definition) is 7. The van der Waals surface area contributed by atoms with Gasteiger partial charge in [-0.25, -0.2) is 18.7 Å². The van der Waals surface area contributed by atoms with Crippen LogP contribution in [0.25, 0.3) is 10.3 Å². The van der Waals surface area contributed by atoms with Crippen molar-refractivity contribution in [2.45, 2.75) is 6.92 Å². The van der Waals surface area contributed by atoms with Crippen LogP contribution < -0.4 is 10.2 Å². The first-order chi connectivity index (χ1) is 18.2. The van der Waals surface area contributed by atoms with Crippen LogP contribution in [-0.4, -0.2) is 65.4 Å². The van der Waals surface area contributed by atoms with Crippen LogP contribution >= 0.6 is 11.3 Å². The quantitative estimate of drug-likeness (QED) is 0.449. The van der Waals surface area contributed by atoms with Crippen LogP contribution in [0.2, 0.25) is 0 Å². The van der Waals surface area contributed by atoms with E-state index >= 15 is 0 Å². The molecule has 1 saturated heterocycles.